The zero-order valence-electron chi connectivity index (χ0n) is 15.1. The number of carbonyl (C=O) groups is 1. The van der Waals surface area contributed by atoms with Crippen molar-refractivity contribution >= 4 is 17.2 Å². The van der Waals surface area contributed by atoms with Gasteiger partial charge in [-0.1, -0.05) is 16.4 Å². The number of fused-ring (bicyclic) bond motifs is 3. The SMILES string of the molecule is C[C@@H]1[C@H](NC(=O)c2ccc(Oc3nnc(C(F)(F)F)s3)cc2)C2CCN1CC2. The quantitative estimate of drug-likeness (QED) is 0.832. The van der Waals surface area contributed by atoms with Crippen molar-refractivity contribution in [2.45, 2.75) is 38.0 Å². The molecule has 4 heterocycles. The molecule has 0 radical (unpaired) electrons. The van der Waals surface area contributed by atoms with E-state index in [1.165, 1.54) is 12.1 Å². The predicted molar refractivity (Wildman–Crippen MR) is 96.4 cm³/mol. The topological polar surface area (TPSA) is 67.3 Å². The highest BCUT2D eigenvalue weighted by Crippen LogP contribution is 2.35. The molecule has 0 unspecified atom stereocenters. The van der Waals surface area contributed by atoms with Crippen LogP contribution < -0.4 is 10.1 Å². The summed E-state index contributed by atoms with van der Waals surface area (Å²) in [6, 6.07) is 6.69. The second-order valence-corrected chi connectivity index (χ2v) is 8.05. The van der Waals surface area contributed by atoms with Crippen molar-refractivity contribution in [2.75, 3.05) is 13.1 Å². The lowest BCUT2D eigenvalue weighted by Crippen LogP contribution is -2.62. The normalized spacial score (nSPS) is 26.9. The highest BCUT2D eigenvalue weighted by Gasteiger charge is 2.40. The summed E-state index contributed by atoms with van der Waals surface area (Å²) in [5.41, 5.74) is 0.476. The van der Waals surface area contributed by atoms with Crippen LogP contribution in [0.3, 0.4) is 0 Å². The molecule has 0 aliphatic carbocycles. The number of hydrogen-bond donors (Lipinski definition) is 1. The molecule has 1 aromatic carbocycles. The molecule has 2 bridgehead atoms. The molecule has 1 aromatic heterocycles. The molecule has 3 saturated heterocycles. The highest BCUT2D eigenvalue weighted by molar-refractivity contribution is 7.13. The molecule has 0 saturated carbocycles. The smallest absolute Gasteiger partial charge is 0.430 e. The third-order valence-corrected chi connectivity index (χ3v) is 6.29. The summed E-state index contributed by atoms with van der Waals surface area (Å²) in [6.45, 7) is 4.32. The van der Waals surface area contributed by atoms with E-state index in [-0.39, 0.29) is 22.9 Å². The molecule has 2 aromatic rings. The van der Waals surface area contributed by atoms with E-state index in [1.54, 1.807) is 12.1 Å². The van der Waals surface area contributed by atoms with Crippen LogP contribution >= 0.6 is 11.3 Å². The van der Waals surface area contributed by atoms with Crippen molar-refractivity contribution < 1.29 is 22.7 Å². The van der Waals surface area contributed by atoms with Gasteiger partial charge in [0.1, 0.15) is 5.75 Å². The number of rotatable bonds is 4. The van der Waals surface area contributed by atoms with E-state index in [2.05, 4.69) is 27.3 Å². The summed E-state index contributed by atoms with van der Waals surface area (Å²) in [6.07, 6.45) is -2.35. The Labute approximate surface area is 163 Å². The van der Waals surface area contributed by atoms with E-state index in [1.807, 2.05) is 0 Å². The summed E-state index contributed by atoms with van der Waals surface area (Å²) in [4.78, 5) is 15.0. The van der Waals surface area contributed by atoms with Gasteiger partial charge in [0.05, 0.1) is 0 Å². The molecule has 1 amide bonds. The van der Waals surface area contributed by atoms with Crippen molar-refractivity contribution in [1.29, 1.82) is 0 Å². The summed E-state index contributed by atoms with van der Waals surface area (Å²) >= 11 is 0.322. The zero-order chi connectivity index (χ0) is 19.9. The highest BCUT2D eigenvalue weighted by atomic mass is 32.1. The average Bonchev–Trinajstić information content (AvgIpc) is 3.14. The molecule has 1 N–H and O–H groups in total. The number of amides is 1. The van der Waals surface area contributed by atoms with Gasteiger partial charge in [-0.2, -0.15) is 13.2 Å². The zero-order valence-corrected chi connectivity index (χ0v) is 15.9. The molecular formula is C18H19F3N4O2S. The van der Waals surface area contributed by atoms with Crippen molar-refractivity contribution in [3.63, 3.8) is 0 Å². The molecule has 5 rings (SSSR count). The van der Waals surface area contributed by atoms with Gasteiger partial charge >= 0.3 is 6.18 Å². The summed E-state index contributed by atoms with van der Waals surface area (Å²) < 4.78 is 43.0. The first kappa shape index (κ1) is 19.1. The molecule has 10 heteroatoms. The number of benzene rings is 1. The van der Waals surface area contributed by atoms with Crippen LogP contribution in [0.4, 0.5) is 13.2 Å². The number of nitrogens with one attached hydrogen (secondary N) is 1. The second-order valence-electron chi connectivity index (χ2n) is 7.11. The third kappa shape index (κ3) is 3.83. The van der Waals surface area contributed by atoms with Crippen LogP contribution in [0.15, 0.2) is 24.3 Å². The van der Waals surface area contributed by atoms with Crippen LogP contribution in [-0.4, -0.2) is 46.2 Å². The minimum absolute atomic E-state index is 0.133. The molecule has 150 valence electrons. The predicted octanol–water partition coefficient (Wildman–Crippen LogP) is 3.56. The monoisotopic (exact) mass is 412 g/mol. The number of nitrogens with zero attached hydrogens (tertiary/aromatic N) is 3. The molecule has 0 spiro atoms. The minimum atomic E-state index is -4.55. The van der Waals surface area contributed by atoms with Gasteiger partial charge in [0.25, 0.3) is 11.1 Å². The number of piperidine rings is 3. The number of carbonyl (C=O) groups excluding carboxylic acids is 1. The van der Waals surface area contributed by atoms with Crippen LogP contribution in [0.25, 0.3) is 0 Å². The Bertz CT molecular complexity index is 845. The fourth-order valence-corrected chi connectivity index (χ4v) is 4.50. The third-order valence-electron chi connectivity index (χ3n) is 5.45. The molecule has 28 heavy (non-hydrogen) atoms. The summed E-state index contributed by atoms with van der Waals surface area (Å²) in [7, 11) is 0. The van der Waals surface area contributed by atoms with Crippen molar-refractivity contribution in [1.82, 2.24) is 20.4 Å². The fourth-order valence-electron chi connectivity index (χ4n) is 3.92. The van der Waals surface area contributed by atoms with Gasteiger partial charge in [0, 0.05) is 17.6 Å². The first-order valence-corrected chi connectivity index (χ1v) is 9.86. The van der Waals surface area contributed by atoms with Crippen LogP contribution in [0.2, 0.25) is 0 Å². The lowest BCUT2D eigenvalue weighted by Gasteiger charge is -2.49. The molecule has 6 nitrogen and oxygen atoms in total. The average molecular weight is 412 g/mol. The Morgan fingerprint density at radius 2 is 1.89 bits per heavy atom. The van der Waals surface area contributed by atoms with E-state index < -0.39 is 11.2 Å². The standard InChI is InChI=1S/C18H19F3N4O2S/c1-10-14(11-6-8-25(10)9-7-11)22-15(26)12-2-4-13(5-3-12)27-17-24-23-16(28-17)18(19,20)21/h2-5,10-11,14H,6-9H2,1H3,(H,22,26)/t10-,14+/m1/s1. The number of hydrogen-bond acceptors (Lipinski definition) is 6. The van der Waals surface area contributed by atoms with Crippen LogP contribution in [0.5, 0.6) is 10.9 Å². The van der Waals surface area contributed by atoms with E-state index in [0.29, 0.717) is 28.9 Å². The number of ether oxygens (including phenoxy) is 1. The number of alkyl halides is 3. The Balaban J connectivity index is 1.39. The van der Waals surface area contributed by atoms with Crippen molar-refractivity contribution in [2.24, 2.45) is 5.92 Å². The van der Waals surface area contributed by atoms with Crippen molar-refractivity contribution in [3.8, 4) is 10.9 Å². The van der Waals surface area contributed by atoms with Crippen molar-refractivity contribution in [3.05, 3.63) is 34.8 Å². The van der Waals surface area contributed by atoms with E-state index in [0.717, 1.165) is 25.9 Å². The Morgan fingerprint density at radius 1 is 1.21 bits per heavy atom. The maximum absolute atomic E-state index is 12.6. The molecule has 3 aliphatic rings. The van der Waals surface area contributed by atoms with Gasteiger partial charge in [0.15, 0.2) is 0 Å². The van der Waals surface area contributed by atoms with Gasteiger partial charge in [-0.25, -0.2) is 0 Å². The second kappa shape index (κ2) is 7.32. The number of halogens is 3. The van der Waals surface area contributed by atoms with E-state index in [9.17, 15) is 18.0 Å². The van der Waals surface area contributed by atoms with E-state index >= 15 is 0 Å². The maximum atomic E-state index is 12.6. The van der Waals surface area contributed by atoms with Gasteiger partial charge in [-0.05, 0) is 63.0 Å². The molecule has 3 fully saturated rings. The maximum Gasteiger partial charge on any atom is 0.445 e. The Hall–Kier alpha value is -2.20. The molecule has 2 atom stereocenters. The lowest BCUT2D eigenvalue weighted by atomic mass is 9.79. The van der Waals surface area contributed by atoms with Gasteiger partial charge in [0.2, 0.25) is 5.01 Å². The summed E-state index contributed by atoms with van der Waals surface area (Å²) in [5.74, 6) is 0.636. The first-order valence-electron chi connectivity index (χ1n) is 9.05. The van der Waals surface area contributed by atoms with Gasteiger partial charge < -0.3 is 10.1 Å². The first-order chi connectivity index (χ1) is 13.3. The Kier molecular flexibility index (Phi) is 5.00. The molecule has 3 aliphatic heterocycles. The summed E-state index contributed by atoms with van der Waals surface area (Å²) in [5, 5.41) is 8.33. The van der Waals surface area contributed by atoms with Crippen LogP contribution in [0, 0.1) is 5.92 Å². The van der Waals surface area contributed by atoms with Crippen LogP contribution in [0.1, 0.15) is 35.1 Å². The van der Waals surface area contributed by atoms with Crippen LogP contribution in [-0.2, 0) is 6.18 Å². The van der Waals surface area contributed by atoms with Gasteiger partial charge in [-0.15, -0.1) is 5.10 Å². The van der Waals surface area contributed by atoms with Gasteiger partial charge in [-0.3, -0.25) is 9.69 Å². The largest absolute Gasteiger partial charge is 0.445 e. The molecular weight excluding hydrogens is 393 g/mol. The fraction of sp³-hybridized carbons (Fsp3) is 0.500. The van der Waals surface area contributed by atoms with E-state index in [4.69, 9.17) is 4.74 Å². The number of aromatic nitrogens is 2. The Morgan fingerprint density at radius 3 is 2.46 bits per heavy atom. The lowest BCUT2D eigenvalue weighted by molar-refractivity contribution is -0.138. The minimum Gasteiger partial charge on any atom is -0.430 e.